The molecule has 0 aromatic heterocycles. The molecule has 0 aliphatic rings. The van der Waals surface area contributed by atoms with Gasteiger partial charge in [0, 0.05) is 6.92 Å². The molecule has 0 bridgehead atoms. The fraction of sp³-hybridized carbons (Fsp3) is 0.706. The molecule has 0 unspecified atom stereocenters. The largest absolute Gasteiger partial charge is 0.466 e. The molecule has 0 saturated carbocycles. The Morgan fingerprint density at radius 1 is 0.895 bits per heavy atom. The van der Waals surface area contributed by atoms with Crippen molar-refractivity contribution >= 4 is 5.97 Å². The van der Waals surface area contributed by atoms with E-state index in [9.17, 15) is 4.79 Å². The van der Waals surface area contributed by atoms with Crippen LogP contribution in [0.1, 0.15) is 71.6 Å². The van der Waals surface area contributed by atoms with E-state index in [1.807, 2.05) is 0 Å². The van der Waals surface area contributed by atoms with Crippen LogP contribution in [-0.2, 0) is 9.53 Å². The van der Waals surface area contributed by atoms with E-state index in [1.165, 1.54) is 51.9 Å². The van der Waals surface area contributed by atoms with Gasteiger partial charge in [0.05, 0.1) is 6.61 Å². The molecule has 0 rings (SSSR count). The molecule has 0 fully saturated rings. The lowest BCUT2D eigenvalue weighted by Crippen LogP contribution is -1.99. The number of carbonyl (C=O) groups is 1. The molecule has 0 spiro atoms. The smallest absolute Gasteiger partial charge is 0.302 e. The normalized spacial score (nSPS) is 11.5. The van der Waals surface area contributed by atoms with Gasteiger partial charge in [-0.15, -0.1) is 0 Å². The molecule has 0 saturated heterocycles. The standard InChI is InChI=1S/C17H30O2/c1-3-4-5-6-7-8-9-10-11-12-13-14-15-16-19-17(2)18/h6-9H,3-5,10-16H2,1-2H3/b7-6-,9-8?. The van der Waals surface area contributed by atoms with Crippen molar-refractivity contribution in [3.63, 3.8) is 0 Å². The Balaban J connectivity index is 3.15. The third kappa shape index (κ3) is 16.9. The average molecular weight is 266 g/mol. The van der Waals surface area contributed by atoms with Crippen molar-refractivity contribution in [3.05, 3.63) is 24.3 Å². The van der Waals surface area contributed by atoms with Crippen molar-refractivity contribution in [1.82, 2.24) is 0 Å². The van der Waals surface area contributed by atoms with Gasteiger partial charge >= 0.3 is 5.97 Å². The van der Waals surface area contributed by atoms with E-state index < -0.39 is 0 Å². The van der Waals surface area contributed by atoms with Gasteiger partial charge in [0.25, 0.3) is 0 Å². The van der Waals surface area contributed by atoms with Crippen molar-refractivity contribution < 1.29 is 9.53 Å². The maximum absolute atomic E-state index is 10.5. The molecular formula is C17H30O2. The SMILES string of the molecule is CCCC/C=C\C=CCCCCCCCOC(C)=O. The van der Waals surface area contributed by atoms with Crippen LogP contribution >= 0.6 is 0 Å². The molecule has 0 heterocycles. The third-order valence-electron chi connectivity index (χ3n) is 2.93. The summed E-state index contributed by atoms with van der Waals surface area (Å²) in [5.74, 6) is -0.169. The molecule has 0 radical (unpaired) electrons. The predicted octanol–water partition coefficient (Wildman–Crippen LogP) is 5.19. The van der Waals surface area contributed by atoms with E-state index in [1.54, 1.807) is 0 Å². The Morgan fingerprint density at radius 2 is 1.47 bits per heavy atom. The van der Waals surface area contributed by atoms with Crippen molar-refractivity contribution in [2.24, 2.45) is 0 Å². The highest BCUT2D eigenvalue weighted by molar-refractivity contribution is 5.65. The Labute approximate surface area is 118 Å². The molecule has 0 amide bonds. The summed E-state index contributed by atoms with van der Waals surface area (Å²) in [6, 6.07) is 0. The molecule has 0 N–H and O–H groups in total. The first-order chi connectivity index (χ1) is 9.27. The van der Waals surface area contributed by atoms with Crippen LogP contribution in [0.3, 0.4) is 0 Å². The maximum Gasteiger partial charge on any atom is 0.302 e. The number of hydrogen-bond acceptors (Lipinski definition) is 2. The zero-order valence-corrected chi connectivity index (χ0v) is 12.7. The van der Waals surface area contributed by atoms with Gasteiger partial charge in [0.1, 0.15) is 0 Å². The van der Waals surface area contributed by atoms with Crippen molar-refractivity contribution in [2.75, 3.05) is 6.61 Å². The predicted molar refractivity (Wildman–Crippen MR) is 82.1 cm³/mol. The summed E-state index contributed by atoms with van der Waals surface area (Å²) in [5.41, 5.74) is 0. The lowest BCUT2D eigenvalue weighted by atomic mass is 10.1. The van der Waals surface area contributed by atoms with Crippen LogP contribution in [-0.4, -0.2) is 12.6 Å². The minimum atomic E-state index is -0.169. The molecule has 0 aromatic carbocycles. The summed E-state index contributed by atoms with van der Waals surface area (Å²) in [6.07, 6.45) is 19.7. The highest BCUT2D eigenvalue weighted by atomic mass is 16.5. The van der Waals surface area contributed by atoms with Gasteiger partial charge in [0.15, 0.2) is 0 Å². The number of hydrogen-bond donors (Lipinski definition) is 0. The molecule has 2 nitrogen and oxygen atoms in total. The Kier molecular flexibility index (Phi) is 14.2. The van der Waals surface area contributed by atoms with Gasteiger partial charge in [-0.25, -0.2) is 0 Å². The number of allylic oxidation sites excluding steroid dienone is 4. The summed E-state index contributed by atoms with van der Waals surface area (Å²) in [7, 11) is 0. The van der Waals surface area contributed by atoms with Crippen LogP contribution in [0.15, 0.2) is 24.3 Å². The fourth-order valence-electron chi connectivity index (χ4n) is 1.78. The highest BCUT2D eigenvalue weighted by Gasteiger charge is 1.93. The van der Waals surface area contributed by atoms with E-state index in [-0.39, 0.29) is 5.97 Å². The number of esters is 1. The quantitative estimate of drug-likeness (QED) is 0.276. The second kappa shape index (κ2) is 15.0. The zero-order chi connectivity index (χ0) is 14.2. The number of rotatable bonds is 12. The Bertz CT molecular complexity index is 254. The molecule has 0 aromatic rings. The van der Waals surface area contributed by atoms with Crippen molar-refractivity contribution in [1.29, 1.82) is 0 Å². The summed E-state index contributed by atoms with van der Waals surface area (Å²) in [6.45, 7) is 4.26. The molecule has 0 atom stereocenters. The second-order valence-corrected chi connectivity index (χ2v) is 4.90. The van der Waals surface area contributed by atoms with Crippen LogP contribution in [0.5, 0.6) is 0 Å². The van der Waals surface area contributed by atoms with Crippen molar-refractivity contribution in [3.8, 4) is 0 Å². The molecular weight excluding hydrogens is 236 g/mol. The first-order valence-corrected chi connectivity index (χ1v) is 7.72. The van der Waals surface area contributed by atoms with E-state index in [4.69, 9.17) is 4.74 Å². The summed E-state index contributed by atoms with van der Waals surface area (Å²) >= 11 is 0. The molecule has 0 aliphatic carbocycles. The lowest BCUT2D eigenvalue weighted by molar-refractivity contribution is -0.141. The van der Waals surface area contributed by atoms with E-state index >= 15 is 0 Å². The van der Waals surface area contributed by atoms with E-state index in [2.05, 4.69) is 31.2 Å². The summed E-state index contributed by atoms with van der Waals surface area (Å²) in [4.78, 5) is 10.5. The van der Waals surface area contributed by atoms with Gasteiger partial charge in [-0.05, 0) is 25.7 Å². The molecule has 110 valence electrons. The Morgan fingerprint density at radius 3 is 2.11 bits per heavy atom. The van der Waals surface area contributed by atoms with Crippen LogP contribution in [0, 0.1) is 0 Å². The van der Waals surface area contributed by atoms with Gasteiger partial charge in [-0.1, -0.05) is 63.3 Å². The molecule has 19 heavy (non-hydrogen) atoms. The second-order valence-electron chi connectivity index (χ2n) is 4.90. The van der Waals surface area contributed by atoms with Crippen molar-refractivity contribution in [2.45, 2.75) is 71.6 Å². The number of unbranched alkanes of at least 4 members (excludes halogenated alkanes) is 7. The monoisotopic (exact) mass is 266 g/mol. The minimum Gasteiger partial charge on any atom is -0.466 e. The zero-order valence-electron chi connectivity index (χ0n) is 12.7. The highest BCUT2D eigenvalue weighted by Crippen LogP contribution is 2.06. The fourth-order valence-corrected chi connectivity index (χ4v) is 1.78. The number of ether oxygens (including phenoxy) is 1. The lowest BCUT2D eigenvalue weighted by Gasteiger charge is -2.01. The van der Waals surface area contributed by atoms with Crippen LogP contribution < -0.4 is 0 Å². The Hall–Kier alpha value is -1.05. The van der Waals surface area contributed by atoms with Crippen LogP contribution in [0.2, 0.25) is 0 Å². The average Bonchev–Trinajstić information content (AvgIpc) is 2.39. The molecule has 2 heteroatoms. The van der Waals surface area contributed by atoms with E-state index in [0.29, 0.717) is 6.61 Å². The van der Waals surface area contributed by atoms with Crippen LogP contribution in [0.4, 0.5) is 0 Å². The van der Waals surface area contributed by atoms with Gasteiger partial charge < -0.3 is 4.74 Å². The van der Waals surface area contributed by atoms with Gasteiger partial charge in [-0.2, -0.15) is 0 Å². The van der Waals surface area contributed by atoms with E-state index in [0.717, 1.165) is 12.8 Å². The summed E-state index contributed by atoms with van der Waals surface area (Å²) < 4.78 is 4.88. The first kappa shape index (κ1) is 17.9. The first-order valence-electron chi connectivity index (χ1n) is 7.72. The van der Waals surface area contributed by atoms with Gasteiger partial charge in [-0.3, -0.25) is 4.79 Å². The topological polar surface area (TPSA) is 26.3 Å². The number of carbonyl (C=O) groups excluding carboxylic acids is 1. The van der Waals surface area contributed by atoms with Gasteiger partial charge in [0.2, 0.25) is 0 Å². The van der Waals surface area contributed by atoms with Crippen LogP contribution in [0.25, 0.3) is 0 Å². The third-order valence-corrected chi connectivity index (χ3v) is 2.93. The summed E-state index contributed by atoms with van der Waals surface area (Å²) in [5, 5.41) is 0. The minimum absolute atomic E-state index is 0.169. The maximum atomic E-state index is 10.5. The molecule has 0 aliphatic heterocycles.